The Balaban J connectivity index is 2.17. The van der Waals surface area contributed by atoms with Crippen molar-refractivity contribution in [2.75, 3.05) is 0 Å². The van der Waals surface area contributed by atoms with Crippen LogP contribution >= 0.6 is 0 Å². The summed E-state index contributed by atoms with van der Waals surface area (Å²) in [4.78, 5) is 10.7. The smallest absolute Gasteiger partial charge is 0.338 e. The van der Waals surface area contributed by atoms with Crippen molar-refractivity contribution in [3.05, 3.63) is 35.9 Å². The standard InChI is InChI=1S/C10H12N4O2/c1-2-14-9(3-4-11-14)7-13-6-8(5-12-13)10(15)16/h3-6H,2,7H2,1H3,(H,15,16). The van der Waals surface area contributed by atoms with Crippen molar-refractivity contribution in [2.45, 2.75) is 20.0 Å². The molecule has 2 rings (SSSR count). The van der Waals surface area contributed by atoms with E-state index in [1.807, 2.05) is 17.7 Å². The highest BCUT2D eigenvalue weighted by Gasteiger charge is 2.07. The summed E-state index contributed by atoms with van der Waals surface area (Å²) in [7, 11) is 0. The average molecular weight is 220 g/mol. The minimum Gasteiger partial charge on any atom is -0.478 e. The lowest BCUT2D eigenvalue weighted by atomic mass is 10.4. The molecule has 0 saturated carbocycles. The van der Waals surface area contributed by atoms with Gasteiger partial charge >= 0.3 is 5.97 Å². The highest BCUT2D eigenvalue weighted by atomic mass is 16.4. The van der Waals surface area contributed by atoms with E-state index in [4.69, 9.17) is 5.11 Å². The third-order valence-electron chi connectivity index (χ3n) is 2.31. The monoisotopic (exact) mass is 220 g/mol. The van der Waals surface area contributed by atoms with Crippen LogP contribution in [0.5, 0.6) is 0 Å². The fraction of sp³-hybridized carbons (Fsp3) is 0.300. The summed E-state index contributed by atoms with van der Waals surface area (Å²) in [6, 6.07) is 1.89. The van der Waals surface area contributed by atoms with E-state index in [1.165, 1.54) is 12.4 Å². The summed E-state index contributed by atoms with van der Waals surface area (Å²) in [6.07, 6.45) is 4.57. The largest absolute Gasteiger partial charge is 0.478 e. The fourth-order valence-corrected chi connectivity index (χ4v) is 1.51. The van der Waals surface area contributed by atoms with Crippen molar-refractivity contribution in [1.82, 2.24) is 19.6 Å². The topological polar surface area (TPSA) is 72.9 Å². The summed E-state index contributed by atoms with van der Waals surface area (Å²) in [5.74, 6) is -0.963. The molecule has 2 aromatic rings. The van der Waals surface area contributed by atoms with Crippen molar-refractivity contribution in [3.63, 3.8) is 0 Å². The molecule has 0 saturated heterocycles. The van der Waals surface area contributed by atoms with Crippen LogP contribution in [0.4, 0.5) is 0 Å². The zero-order chi connectivity index (χ0) is 11.5. The predicted octanol–water partition coefficient (Wildman–Crippen LogP) is 0.846. The second-order valence-corrected chi connectivity index (χ2v) is 3.37. The first-order chi connectivity index (χ1) is 7.70. The van der Waals surface area contributed by atoms with Gasteiger partial charge in [0.2, 0.25) is 0 Å². The van der Waals surface area contributed by atoms with E-state index in [0.717, 1.165) is 12.2 Å². The van der Waals surface area contributed by atoms with Gasteiger partial charge in [0.1, 0.15) is 0 Å². The molecule has 0 aliphatic heterocycles. The highest BCUT2D eigenvalue weighted by Crippen LogP contribution is 2.04. The first-order valence-corrected chi connectivity index (χ1v) is 4.97. The quantitative estimate of drug-likeness (QED) is 0.828. The molecule has 0 spiro atoms. The van der Waals surface area contributed by atoms with E-state index in [9.17, 15) is 4.79 Å². The molecular formula is C10H12N4O2. The van der Waals surface area contributed by atoms with Crippen molar-refractivity contribution < 1.29 is 9.90 Å². The van der Waals surface area contributed by atoms with Crippen molar-refractivity contribution >= 4 is 5.97 Å². The van der Waals surface area contributed by atoms with Crippen LogP contribution < -0.4 is 0 Å². The Bertz CT molecular complexity index is 500. The molecule has 0 unspecified atom stereocenters. The van der Waals surface area contributed by atoms with Gasteiger partial charge in [0, 0.05) is 18.9 Å². The number of rotatable bonds is 4. The lowest BCUT2D eigenvalue weighted by Gasteiger charge is -2.04. The normalized spacial score (nSPS) is 10.6. The molecule has 0 bridgehead atoms. The van der Waals surface area contributed by atoms with E-state index in [1.54, 1.807) is 10.9 Å². The zero-order valence-electron chi connectivity index (χ0n) is 8.87. The molecule has 0 radical (unpaired) electrons. The number of hydrogen-bond acceptors (Lipinski definition) is 3. The Morgan fingerprint density at radius 1 is 1.50 bits per heavy atom. The highest BCUT2D eigenvalue weighted by molar-refractivity contribution is 5.86. The summed E-state index contributed by atoms with van der Waals surface area (Å²) >= 11 is 0. The third-order valence-corrected chi connectivity index (χ3v) is 2.31. The number of aryl methyl sites for hydroxylation is 1. The molecule has 1 N–H and O–H groups in total. The summed E-state index contributed by atoms with van der Waals surface area (Å²) < 4.78 is 3.44. The first kappa shape index (κ1) is 10.4. The van der Waals surface area contributed by atoms with Gasteiger partial charge in [-0.2, -0.15) is 10.2 Å². The lowest BCUT2D eigenvalue weighted by Crippen LogP contribution is -2.08. The summed E-state index contributed by atoms with van der Waals surface area (Å²) in [5.41, 5.74) is 1.20. The molecule has 2 heterocycles. The Labute approximate surface area is 92.1 Å². The van der Waals surface area contributed by atoms with E-state index in [0.29, 0.717) is 6.54 Å². The number of hydrogen-bond donors (Lipinski definition) is 1. The van der Waals surface area contributed by atoms with Gasteiger partial charge in [-0.25, -0.2) is 4.79 Å². The van der Waals surface area contributed by atoms with Crippen molar-refractivity contribution in [2.24, 2.45) is 0 Å². The van der Waals surface area contributed by atoms with Gasteiger partial charge in [0.05, 0.1) is 24.0 Å². The lowest BCUT2D eigenvalue weighted by molar-refractivity contribution is 0.0697. The minimum absolute atomic E-state index is 0.197. The minimum atomic E-state index is -0.963. The second-order valence-electron chi connectivity index (χ2n) is 3.37. The molecule has 0 aromatic carbocycles. The fourth-order valence-electron chi connectivity index (χ4n) is 1.51. The maximum absolute atomic E-state index is 10.7. The molecule has 0 aliphatic carbocycles. The first-order valence-electron chi connectivity index (χ1n) is 4.97. The van der Waals surface area contributed by atoms with E-state index in [2.05, 4.69) is 10.2 Å². The van der Waals surface area contributed by atoms with Gasteiger partial charge in [-0.1, -0.05) is 0 Å². The number of carbonyl (C=O) groups is 1. The Kier molecular flexibility index (Phi) is 2.72. The third kappa shape index (κ3) is 1.95. The van der Waals surface area contributed by atoms with Crippen LogP contribution in [0.2, 0.25) is 0 Å². The average Bonchev–Trinajstić information content (AvgIpc) is 2.87. The van der Waals surface area contributed by atoms with Gasteiger partial charge in [-0.3, -0.25) is 9.36 Å². The number of carboxylic acid groups (broad SMARTS) is 1. The van der Waals surface area contributed by atoms with E-state index < -0.39 is 5.97 Å². The van der Waals surface area contributed by atoms with Gasteiger partial charge in [0.25, 0.3) is 0 Å². The molecule has 0 atom stereocenters. The molecule has 0 fully saturated rings. The maximum atomic E-state index is 10.7. The van der Waals surface area contributed by atoms with Crippen LogP contribution in [-0.4, -0.2) is 30.6 Å². The molecule has 0 amide bonds. The molecular weight excluding hydrogens is 208 g/mol. The maximum Gasteiger partial charge on any atom is 0.338 e. The Morgan fingerprint density at radius 3 is 2.94 bits per heavy atom. The zero-order valence-corrected chi connectivity index (χ0v) is 8.87. The predicted molar refractivity (Wildman–Crippen MR) is 56.2 cm³/mol. The number of nitrogens with zero attached hydrogens (tertiary/aromatic N) is 4. The van der Waals surface area contributed by atoms with Gasteiger partial charge in [-0.15, -0.1) is 0 Å². The SMILES string of the molecule is CCn1nccc1Cn1cc(C(=O)O)cn1. The van der Waals surface area contributed by atoms with Crippen molar-refractivity contribution in [3.8, 4) is 0 Å². The molecule has 16 heavy (non-hydrogen) atoms. The Hall–Kier alpha value is -2.11. The summed E-state index contributed by atoms with van der Waals surface area (Å²) in [5, 5.41) is 16.9. The Morgan fingerprint density at radius 2 is 2.31 bits per heavy atom. The molecule has 0 aliphatic rings. The van der Waals surface area contributed by atoms with E-state index >= 15 is 0 Å². The molecule has 84 valence electrons. The van der Waals surface area contributed by atoms with Gasteiger partial charge in [-0.05, 0) is 13.0 Å². The van der Waals surface area contributed by atoms with Crippen LogP contribution in [0.1, 0.15) is 23.0 Å². The molecule has 6 heteroatoms. The van der Waals surface area contributed by atoms with E-state index in [-0.39, 0.29) is 5.56 Å². The van der Waals surface area contributed by atoms with Gasteiger partial charge in [0.15, 0.2) is 0 Å². The number of carboxylic acids is 1. The van der Waals surface area contributed by atoms with Crippen molar-refractivity contribution in [1.29, 1.82) is 0 Å². The second kappa shape index (κ2) is 4.18. The van der Waals surface area contributed by atoms with Gasteiger partial charge < -0.3 is 5.11 Å². The van der Waals surface area contributed by atoms with Crippen LogP contribution in [-0.2, 0) is 13.1 Å². The van der Waals surface area contributed by atoms with Crippen LogP contribution in [0.3, 0.4) is 0 Å². The van der Waals surface area contributed by atoms with Crippen LogP contribution in [0, 0.1) is 0 Å². The summed E-state index contributed by atoms with van der Waals surface area (Å²) in [6.45, 7) is 3.32. The number of aromatic nitrogens is 4. The number of aromatic carboxylic acids is 1. The molecule has 2 aromatic heterocycles. The van der Waals surface area contributed by atoms with Crippen LogP contribution in [0.25, 0.3) is 0 Å². The van der Waals surface area contributed by atoms with Crippen LogP contribution in [0.15, 0.2) is 24.7 Å². The molecule has 6 nitrogen and oxygen atoms in total.